The Kier molecular flexibility index (Phi) is 2.22. The van der Waals surface area contributed by atoms with E-state index in [9.17, 15) is 14.4 Å². The minimum Gasteiger partial charge on any atom is -0.481 e. The number of rotatable bonds is 3. The Balaban J connectivity index is 2.62. The third-order valence-corrected chi connectivity index (χ3v) is 2.19. The fourth-order valence-electron chi connectivity index (χ4n) is 1.33. The Morgan fingerprint density at radius 2 is 1.92 bits per heavy atom. The van der Waals surface area contributed by atoms with Gasteiger partial charge in [0.05, 0.1) is 0 Å². The third kappa shape index (κ3) is 1.47. The second-order valence-corrected chi connectivity index (χ2v) is 3.09. The van der Waals surface area contributed by atoms with E-state index in [2.05, 4.69) is 0 Å². The molecule has 1 saturated heterocycles. The van der Waals surface area contributed by atoms with Gasteiger partial charge in [0.15, 0.2) is 0 Å². The fraction of sp³-hybridized carbons (Fsp3) is 0.571. The molecule has 0 spiro atoms. The second kappa shape index (κ2) is 3.04. The van der Waals surface area contributed by atoms with Crippen LogP contribution in [0.2, 0.25) is 0 Å². The number of hydrogen-bond donors (Lipinski definition) is 2. The zero-order chi connectivity index (χ0) is 10.1. The Labute approximate surface area is 73.8 Å². The van der Waals surface area contributed by atoms with Crippen molar-refractivity contribution in [2.45, 2.75) is 6.42 Å². The van der Waals surface area contributed by atoms with Crippen LogP contribution in [0.3, 0.4) is 0 Å². The lowest BCUT2D eigenvalue weighted by atomic mass is 9.77. The van der Waals surface area contributed by atoms with E-state index in [0.717, 1.165) is 4.90 Å². The van der Waals surface area contributed by atoms with Gasteiger partial charge in [-0.05, 0) is 0 Å². The largest absolute Gasteiger partial charge is 0.481 e. The van der Waals surface area contributed by atoms with Crippen LogP contribution in [-0.4, -0.2) is 46.6 Å². The van der Waals surface area contributed by atoms with Crippen molar-refractivity contribution in [3.63, 3.8) is 0 Å². The summed E-state index contributed by atoms with van der Waals surface area (Å²) in [4.78, 5) is 32.2. The lowest BCUT2D eigenvalue weighted by molar-refractivity contribution is -0.160. The minimum atomic E-state index is -1.18. The maximum absolute atomic E-state index is 10.7. The van der Waals surface area contributed by atoms with Crippen molar-refractivity contribution in [1.29, 1.82) is 0 Å². The van der Waals surface area contributed by atoms with Crippen LogP contribution in [0.4, 0.5) is 4.79 Å². The molecule has 1 heterocycles. The summed E-state index contributed by atoms with van der Waals surface area (Å²) < 4.78 is 0. The van der Waals surface area contributed by atoms with Gasteiger partial charge in [-0.2, -0.15) is 0 Å². The normalized spacial score (nSPS) is 18.9. The van der Waals surface area contributed by atoms with Crippen molar-refractivity contribution in [2.24, 2.45) is 5.41 Å². The van der Waals surface area contributed by atoms with E-state index in [4.69, 9.17) is 10.2 Å². The number of aldehydes is 1. The number of likely N-dealkylation sites (tertiary alicyclic amines) is 1. The fourth-order valence-corrected chi connectivity index (χ4v) is 1.33. The molecule has 1 fully saturated rings. The zero-order valence-corrected chi connectivity index (χ0v) is 6.77. The Bertz CT molecular complexity index is 256. The second-order valence-electron chi connectivity index (χ2n) is 3.09. The van der Waals surface area contributed by atoms with Crippen molar-refractivity contribution in [3.05, 3.63) is 0 Å². The number of carboxylic acid groups (broad SMARTS) is 2. The molecule has 0 aromatic heterocycles. The molecule has 6 nitrogen and oxygen atoms in total. The summed E-state index contributed by atoms with van der Waals surface area (Å²) in [5.41, 5.74) is -1.18. The number of amides is 1. The van der Waals surface area contributed by atoms with Crippen LogP contribution < -0.4 is 0 Å². The predicted octanol–water partition coefficient (Wildman–Crippen LogP) is -0.360. The molecule has 0 atom stereocenters. The summed E-state index contributed by atoms with van der Waals surface area (Å²) in [5, 5.41) is 17.2. The molecule has 6 heteroatoms. The molecule has 0 saturated carbocycles. The highest BCUT2D eigenvalue weighted by atomic mass is 16.4. The Hall–Kier alpha value is -1.59. The molecule has 2 N–H and O–H groups in total. The van der Waals surface area contributed by atoms with Crippen molar-refractivity contribution >= 4 is 18.3 Å². The van der Waals surface area contributed by atoms with Crippen LogP contribution >= 0.6 is 0 Å². The zero-order valence-electron chi connectivity index (χ0n) is 6.77. The van der Waals surface area contributed by atoms with Crippen LogP contribution in [0.15, 0.2) is 0 Å². The molecule has 0 aromatic carbocycles. The average Bonchev–Trinajstić information content (AvgIpc) is 1.94. The highest BCUT2D eigenvalue weighted by Crippen LogP contribution is 2.33. The van der Waals surface area contributed by atoms with Crippen LogP contribution in [0.1, 0.15) is 6.42 Å². The number of nitrogens with zero attached hydrogens (tertiary/aromatic N) is 1. The van der Waals surface area contributed by atoms with Gasteiger partial charge < -0.3 is 19.9 Å². The molecular weight excluding hydrogens is 178 g/mol. The molecule has 1 aliphatic rings. The maximum Gasteiger partial charge on any atom is 0.407 e. The number of hydrogen-bond acceptors (Lipinski definition) is 3. The monoisotopic (exact) mass is 187 g/mol. The van der Waals surface area contributed by atoms with Gasteiger partial charge >= 0.3 is 12.1 Å². The average molecular weight is 187 g/mol. The van der Waals surface area contributed by atoms with Gasteiger partial charge in [-0.25, -0.2) is 4.79 Å². The Morgan fingerprint density at radius 3 is 2.23 bits per heavy atom. The lowest BCUT2D eigenvalue weighted by Crippen LogP contribution is -2.62. The van der Waals surface area contributed by atoms with Gasteiger partial charge in [0.25, 0.3) is 0 Å². The SMILES string of the molecule is O=CCC1(C(=O)O)CN(C(=O)O)C1. The van der Waals surface area contributed by atoms with Crippen LogP contribution in [0.5, 0.6) is 0 Å². The molecule has 1 amide bonds. The number of carbonyl (C=O) groups is 3. The first-order valence-electron chi connectivity index (χ1n) is 3.67. The molecule has 0 bridgehead atoms. The Morgan fingerprint density at radius 1 is 1.38 bits per heavy atom. The topological polar surface area (TPSA) is 94.9 Å². The summed E-state index contributed by atoms with van der Waals surface area (Å²) in [6.07, 6.45) is -0.776. The summed E-state index contributed by atoms with van der Waals surface area (Å²) in [6.45, 7) is -0.202. The molecule has 72 valence electrons. The van der Waals surface area contributed by atoms with Gasteiger partial charge in [-0.15, -0.1) is 0 Å². The summed E-state index contributed by atoms with van der Waals surface area (Å²) >= 11 is 0. The molecule has 1 rings (SSSR count). The highest BCUT2D eigenvalue weighted by Gasteiger charge is 2.51. The van der Waals surface area contributed by atoms with E-state index in [0.29, 0.717) is 6.29 Å². The van der Waals surface area contributed by atoms with Crippen LogP contribution in [0, 0.1) is 5.41 Å². The summed E-state index contributed by atoms with van der Waals surface area (Å²) in [5.74, 6) is -1.11. The quantitative estimate of drug-likeness (QED) is 0.588. The number of carboxylic acids is 1. The maximum atomic E-state index is 10.7. The summed E-state index contributed by atoms with van der Waals surface area (Å²) in [7, 11) is 0. The van der Waals surface area contributed by atoms with Gasteiger partial charge in [0.2, 0.25) is 0 Å². The number of aliphatic carboxylic acids is 1. The molecule has 1 aliphatic heterocycles. The van der Waals surface area contributed by atoms with E-state index in [1.165, 1.54) is 0 Å². The van der Waals surface area contributed by atoms with E-state index in [1.54, 1.807) is 0 Å². The molecule has 13 heavy (non-hydrogen) atoms. The van der Waals surface area contributed by atoms with Gasteiger partial charge in [-0.1, -0.05) is 0 Å². The smallest absolute Gasteiger partial charge is 0.407 e. The van der Waals surface area contributed by atoms with Gasteiger partial charge in [0.1, 0.15) is 11.7 Å². The first kappa shape index (κ1) is 9.50. The molecular formula is C7H9NO5. The highest BCUT2D eigenvalue weighted by molar-refractivity contribution is 5.82. The van der Waals surface area contributed by atoms with Crippen molar-refractivity contribution in [2.75, 3.05) is 13.1 Å². The predicted molar refractivity (Wildman–Crippen MR) is 40.3 cm³/mol. The van der Waals surface area contributed by atoms with Gasteiger partial charge in [0, 0.05) is 19.5 Å². The van der Waals surface area contributed by atoms with Crippen LogP contribution in [-0.2, 0) is 9.59 Å². The first-order valence-corrected chi connectivity index (χ1v) is 3.67. The van der Waals surface area contributed by atoms with Crippen molar-refractivity contribution < 1.29 is 24.6 Å². The van der Waals surface area contributed by atoms with E-state index in [-0.39, 0.29) is 19.5 Å². The van der Waals surface area contributed by atoms with E-state index >= 15 is 0 Å². The molecule has 0 aliphatic carbocycles. The minimum absolute atomic E-state index is 0.101. The van der Waals surface area contributed by atoms with Crippen molar-refractivity contribution in [1.82, 2.24) is 4.90 Å². The lowest BCUT2D eigenvalue weighted by Gasteiger charge is -2.44. The summed E-state index contributed by atoms with van der Waals surface area (Å²) in [6, 6.07) is 0. The third-order valence-electron chi connectivity index (χ3n) is 2.19. The van der Waals surface area contributed by atoms with Crippen LogP contribution in [0.25, 0.3) is 0 Å². The van der Waals surface area contributed by atoms with Gasteiger partial charge in [-0.3, -0.25) is 4.79 Å². The molecule has 0 radical (unpaired) electrons. The number of carbonyl (C=O) groups excluding carboxylic acids is 1. The van der Waals surface area contributed by atoms with E-state index in [1.807, 2.05) is 0 Å². The first-order chi connectivity index (χ1) is 6.02. The van der Waals surface area contributed by atoms with E-state index < -0.39 is 17.5 Å². The van der Waals surface area contributed by atoms with Crippen molar-refractivity contribution in [3.8, 4) is 0 Å². The standard InChI is InChI=1S/C7H9NO5/c9-2-1-7(5(10)11)3-8(4-7)6(12)13/h2H,1,3-4H2,(H,10,11)(H,12,13). The molecule has 0 unspecified atom stereocenters. The molecule has 0 aromatic rings.